The Balaban J connectivity index is 1.91. The third kappa shape index (κ3) is 2.41. The molecule has 2 heterocycles. The van der Waals surface area contributed by atoms with Gasteiger partial charge in [-0.3, -0.25) is 4.31 Å². The van der Waals surface area contributed by atoms with Crippen molar-refractivity contribution in [2.75, 3.05) is 37.0 Å². The summed E-state index contributed by atoms with van der Waals surface area (Å²) in [6.07, 6.45) is 1.43. The maximum absolute atomic E-state index is 13.4. The molecule has 1 aromatic rings. The van der Waals surface area contributed by atoms with E-state index in [0.29, 0.717) is 38.3 Å². The molecule has 0 aromatic heterocycles. The number of halogens is 1. The van der Waals surface area contributed by atoms with E-state index in [-0.39, 0.29) is 0 Å². The number of fused-ring (bicyclic) bond motifs is 1. The highest BCUT2D eigenvalue weighted by Crippen LogP contribution is 2.32. The minimum Gasteiger partial charge on any atom is -0.315 e. The van der Waals surface area contributed by atoms with Gasteiger partial charge < -0.3 is 5.32 Å². The van der Waals surface area contributed by atoms with Gasteiger partial charge in [0.2, 0.25) is 0 Å². The minimum absolute atomic E-state index is 0.394. The fourth-order valence-corrected chi connectivity index (χ4v) is 4.45. The zero-order chi connectivity index (χ0) is 14.2. The molecule has 0 atom stereocenters. The molecule has 5 nitrogen and oxygen atoms in total. The van der Waals surface area contributed by atoms with Crippen LogP contribution in [0.25, 0.3) is 0 Å². The first-order chi connectivity index (χ1) is 9.59. The van der Waals surface area contributed by atoms with Crippen molar-refractivity contribution < 1.29 is 12.8 Å². The first-order valence-corrected chi connectivity index (χ1v) is 8.26. The van der Waals surface area contributed by atoms with Gasteiger partial charge in [0, 0.05) is 26.2 Å². The summed E-state index contributed by atoms with van der Waals surface area (Å²) in [6.45, 7) is 2.85. The smallest absolute Gasteiger partial charge is 0.304 e. The highest BCUT2D eigenvalue weighted by atomic mass is 32.2. The van der Waals surface area contributed by atoms with Crippen molar-refractivity contribution in [2.24, 2.45) is 0 Å². The number of benzene rings is 1. The lowest BCUT2D eigenvalue weighted by atomic mass is 10.2. The van der Waals surface area contributed by atoms with E-state index >= 15 is 0 Å². The topological polar surface area (TPSA) is 52.7 Å². The van der Waals surface area contributed by atoms with Gasteiger partial charge in [-0.15, -0.1) is 0 Å². The lowest BCUT2D eigenvalue weighted by Crippen LogP contribution is -2.44. The molecule has 1 saturated heterocycles. The number of rotatable bonds is 2. The minimum atomic E-state index is -3.56. The van der Waals surface area contributed by atoms with Gasteiger partial charge in [0.25, 0.3) is 0 Å². The van der Waals surface area contributed by atoms with Crippen molar-refractivity contribution in [2.45, 2.75) is 12.8 Å². The molecule has 1 aromatic carbocycles. The SMILES string of the molecule is O=S(=O)(N1CCCNCC1)N1CCc2ccc(F)cc21. The molecule has 0 radical (unpaired) electrons. The highest BCUT2D eigenvalue weighted by molar-refractivity contribution is 7.90. The first kappa shape index (κ1) is 13.8. The molecule has 0 unspecified atom stereocenters. The molecule has 1 N–H and O–H groups in total. The summed E-state index contributed by atoms with van der Waals surface area (Å²) in [6, 6.07) is 4.37. The summed E-state index contributed by atoms with van der Waals surface area (Å²) in [7, 11) is -3.56. The fraction of sp³-hybridized carbons (Fsp3) is 0.538. The average Bonchev–Trinajstić information content (AvgIpc) is 2.65. The second-order valence-electron chi connectivity index (χ2n) is 5.11. The highest BCUT2D eigenvalue weighted by Gasteiger charge is 2.34. The average molecular weight is 299 g/mol. The standard InChI is InChI=1S/C13H18FN3O2S/c14-12-3-2-11-4-8-17(13(11)10-12)20(18,19)16-7-1-5-15-6-9-16/h2-3,10,15H,1,4-9H2. The van der Waals surface area contributed by atoms with Crippen molar-refractivity contribution >= 4 is 15.9 Å². The normalized spacial score (nSPS) is 20.8. The third-order valence-electron chi connectivity index (χ3n) is 3.80. The number of anilines is 1. The van der Waals surface area contributed by atoms with Crippen LogP contribution in [0.5, 0.6) is 0 Å². The maximum Gasteiger partial charge on any atom is 0.304 e. The Morgan fingerprint density at radius 2 is 2.00 bits per heavy atom. The molecule has 0 spiro atoms. The van der Waals surface area contributed by atoms with Gasteiger partial charge in [0.05, 0.1) is 5.69 Å². The zero-order valence-corrected chi connectivity index (χ0v) is 12.0. The lowest BCUT2D eigenvalue weighted by Gasteiger charge is -2.27. The van der Waals surface area contributed by atoms with Gasteiger partial charge in [-0.2, -0.15) is 12.7 Å². The van der Waals surface area contributed by atoms with Crippen molar-refractivity contribution in [3.8, 4) is 0 Å². The summed E-state index contributed by atoms with van der Waals surface area (Å²) in [5.74, 6) is -0.400. The summed E-state index contributed by atoms with van der Waals surface area (Å²) in [5.41, 5.74) is 1.38. The molecule has 2 aliphatic heterocycles. The molecule has 0 aliphatic carbocycles. The molecule has 0 amide bonds. The van der Waals surface area contributed by atoms with Crippen molar-refractivity contribution in [3.05, 3.63) is 29.6 Å². The second-order valence-corrected chi connectivity index (χ2v) is 6.96. The molecule has 20 heavy (non-hydrogen) atoms. The Morgan fingerprint density at radius 3 is 2.85 bits per heavy atom. The van der Waals surface area contributed by atoms with E-state index in [1.807, 2.05) is 0 Å². The van der Waals surface area contributed by atoms with Crippen molar-refractivity contribution in [1.82, 2.24) is 9.62 Å². The van der Waals surface area contributed by atoms with Crippen molar-refractivity contribution in [3.63, 3.8) is 0 Å². The van der Waals surface area contributed by atoms with Crippen LogP contribution in [0.2, 0.25) is 0 Å². The van der Waals surface area contributed by atoms with Crippen LogP contribution in [0.4, 0.5) is 10.1 Å². The van der Waals surface area contributed by atoms with E-state index in [4.69, 9.17) is 0 Å². The van der Waals surface area contributed by atoms with Crippen LogP contribution in [0.1, 0.15) is 12.0 Å². The molecule has 0 saturated carbocycles. The van der Waals surface area contributed by atoms with E-state index < -0.39 is 16.0 Å². The second kappa shape index (κ2) is 5.31. The van der Waals surface area contributed by atoms with E-state index in [1.54, 1.807) is 6.07 Å². The van der Waals surface area contributed by atoms with Crippen LogP contribution in [-0.4, -0.2) is 45.4 Å². The van der Waals surface area contributed by atoms with Crippen LogP contribution in [0.3, 0.4) is 0 Å². The van der Waals surface area contributed by atoms with E-state index in [0.717, 1.165) is 18.5 Å². The fourth-order valence-electron chi connectivity index (χ4n) is 2.75. The molecule has 7 heteroatoms. The van der Waals surface area contributed by atoms with Crippen LogP contribution in [0, 0.1) is 5.82 Å². The van der Waals surface area contributed by atoms with Gasteiger partial charge in [0.15, 0.2) is 0 Å². The number of nitrogens with zero attached hydrogens (tertiary/aromatic N) is 2. The maximum atomic E-state index is 13.4. The third-order valence-corrected chi connectivity index (χ3v) is 5.76. The molecular formula is C13H18FN3O2S. The molecule has 1 fully saturated rings. The molecule has 2 aliphatic rings. The van der Waals surface area contributed by atoms with Crippen LogP contribution in [0.15, 0.2) is 18.2 Å². The van der Waals surface area contributed by atoms with Gasteiger partial charge >= 0.3 is 10.2 Å². The zero-order valence-electron chi connectivity index (χ0n) is 11.2. The number of nitrogens with one attached hydrogen (secondary N) is 1. The lowest BCUT2D eigenvalue weighted by molar-refractivity contribution is 0.429. The van der Waals surface area contributed by atoms with Crippen LogP contribution in [-0.2, 0) is 16.6 Å². The Labute approximate surface area is 118 Å². The van der Waals surface area contributed by atoms with Gasteiger partial charge in [-0.05, 0) is 37.1 Å². The largest absolute Gasteiger partial charge is 0.315 e. The molecule has 0 bridgehead atoms. The van der Waals surface area contributed by atoms with Gasteiger partial charge in [-0.1, -0.05) is 6.07 Å². The van der Waals surface area contributed by atoms with E-state index in [2.05, 4.69) is 5.32 Å². The van der Waals surface area contributed by atoms with Gasteiger partial charge in [-0.25, -0.2) is 4.39 Å². The quantitative estimate of drug-likeness (QED) is 0.876. The Kier molecular flexibility index (Phi) is 3.66. The van der Waals surface area contributed by atoms with E-state index in [1.165, 1.54) is 20.7 Å². The number of hydrogen-bond acceptors (Lipinski definition) is 3. The Morgan fingerprint density at radius 1 is 1.15 bits per heavy atom. The number of hydrogen-bond donors (Lipinski definition) is 1. The Bertz CT molecular complexity index is 598. The summed E-state index contributed by atoms with van der Waals surface area (Å²) < 4.78 is 41.7. The molecule has 3 rings (SSSR count). The molecular weight excluding hydrogens is 281 g/mol. The van der Waals surface area contributed by atoms with Crippen LogP contribution < -0.4 is 9.62 Å². The Hall–Kier alpha value is -1.18. The first-order valence-electron chi connectivity index (χ1n) is 6.86. The molecule has 110 valence electrons. The predicted molar refractivity (Wildman–Crippen MR) is 75.4 cm³/mol. The monoisotopic (exact) mass is 299 g/mol. The van der Waals surface area contributed by atoms with E-state index in [9.17, 15) is 12.8 Å². The van der Waals surface area contributed by atoms with Gasteiger partial charge in [0.1, 0.15) is 5.82 Å². The summed E-state index contributed by atoms with van der Waals surface area (Å²) >= 11 is 0. The van der Waals surface area contributed by atoms with Crippen molar-refractivity contribution in [1.29, 1.82) is 0 Å². The summed E-state index contributed by atoms with van der Waals surface area (Å²) in [4.78, 5) is 0. The summed E-state index contributed by atoms with van der Waals surface area (Å²) in [5, 5.41) is 3.18. The predicted octanol–water partition coefficient (Wildman–Crippen LogP) is 0.728. The van der Waals surface area contributed by atoms with Crippen LogP contribution >= 0.6 is 0 Å².